The van der Waals surface area contributed by atoms with Crippen LogP contribution in [-0.2, 0) is 11.2 Å². The molecule has 1 aliphatic rings. The fourth-order valence-electron chi connectivity index (χ4n) is 2.56. The van der Waals surface area contributed by atoms with Crippen molar-refractivity contribution in [1.82, 2.24) is 0 Å². The molecule has 0 radical (unpaired) electrons. The Balaban J connectivity index is 1.74. The van der Waals surface area contributed by atoms with Gasteiger partial charge < -0.3 is 5.32 Å². The first-order valence-corrected chi connectivity index (χ1v) is 8.05. The average Bonchev–Trinajstić information content (AvgIpc) is 2.86. The summed E-state index contributed by atoms with van der Waals surface area (Å²) in [5, 5.41) is 3.06. The lowest BCUT2D eigenvalue weighted by Crippen LogP contribution is -2.25. The third-order valence-corrected chi connectivity index (χ3v) is 5.14. The van der Waals surface area contributed by atoms with E-state index in [9.17, 15) is 4.79 Å². The predicted molar refractivity (Wildman–Crippen MR) is 89.1 cm³/mol. The fraction of sp³-hybridized carbons (Fsp3) is 0.278. The minimum Gasteiger partial charge on any atom is -0.325 e. The zero-order valence-corrected chi connectivity index (χ0v) is 13.4. The molecule has 108 valence electrons. The Morgan fingerprint density at radius 3 is 2.62 bits per heavy atom. The largest absolute Gasteiger partial charge is 0.325 e. The van der Waals surface area contributed by atoms with E-state index in [4.69, 9.17) is 0 Å². The topological polar surface area (TPSA) is 29.1 Å². The summed E-state index contributed by atoms with van der Waals surface area (Å²) in [6.45, 7) is 6.15. The molecule has 21 heavy (non-hydrogen) atoms. The molecule has 1 heterocycles. The Morgan fingerprint density at radius 2 is 1.81 bits per heavy atom. The Bertz CT molecular complexity index is 708. The lowest BCUT2D eigenvalue weighted by molar-refractivity contribution is -0.115. The van der Waals surface area contributed by atoms with Crippen LogP contribution in [0.3, 0.4) is 0 Å². The van der Waals surface area contributed by atoms with Crippen LogP contribution >= 0.6 is 11.8 Å². The standard InChI is InChI=1S/C18H19NOS/c1-11-4-6-13(3)15(8-11)19-18(20)17-10-14-7-5-12(2)9-16(14)21-17/h4-9,17H,10H2,1-3H3,(H,19,20)/t17-/m0/s1. The molecule has 0 aromatic heterocycles. The van der Waals surface area contributed by atoms with Gasteiger partial charge in [-0.2, -0.15) is 0 Å². The number of thioether (sulfide) groups is 1. The predicted octanol–water partition coefficient (Wildman–Crippen LogP) is 4.27. The van der Waals surface area contributed by atoms with Crippen molar-refractivity contribution in [2.75, 3.05) is 5.32 Å². The van der Waals surface area contributed by atoms with Crippen LogP contribution in [0.5, 0.6) is 0 Å². The first-order chi connectivity index (χ1) is 10.0. The van der Waals surface area contributed by atoms with Crippen LogP contribution in [0.15, 0.2) is 41.3 Å². The average molecular weight is 297 g/mol. The number of hydrogen-bond acceptors (Lipinski definition) is 2. The molecule has 0 unspecified atom stereocenters. The summed E-state index contributed by atoms with van der Waals surface area (Å²) in [7, 11) is 0. The molecular weight excluding hydrogens is 278 g/mol. The summed E-state index contributed by atoms with van der Waals surface area (Å²) in [6.07, 6.45) is 0.816. The molecule has 1 N–H and O–H groups in total. The number of anilines is 1. The molecule has 2 aromatic rings. The van der Waals surface area contributed by atoms with Gasteiger partial charge in [-0.1, -0.05) is 29.8 Å². The molecule has 1 amide bonds. The number of aryl methyl sites for hydroxylation is 3. The summed E-state index contributed by atoms with van der Waals surface area (Å²) >= 11 is 1.68. The quantitative estimate of drug-likeness (QED) is 0.897. The van der Waals surface area contributed by atoms with E-state index in [0.717, 1.165) is 23.2 Å². The van der Waals surface area contributed by atoms with Crippen LogP contribution in [0.1, 0.15) is 22.3 Å². The number of benzene rings is 2. The first-order valence-electron chi connectivity index (χ1n) is 7.17. The molecule has 1 aliphatic heterocycles. The van der Waals surface area contributed by atoms with Crippen molar-refractivity contribution in [1.29, 1.82) is 0 Å². The van der Waals surface area contributed by atoms with E-state index < -0.39 is 0 Å². The second-order valence-corrected chi connectivity index (χ2v) is 6.97. The second kappa shape index (κ2) is 5.57. The zero-order valence-electron chi connectivity index (χ0n) is 12.6. The van der Waals surface area contributed by atoms with Crippen molar-refractivity contribution in [3.8, 4) is 0 Å². The smallest absolute Gasteiger partial charge is 0.238 e. The van der Waals surface area contributed by atoms with Crippen LogP contribution in [0.4, 0.5) is 5.69 Å². The normalized spacial score (nSPS) is 16.6. The maximum absolute atomic E-state index is 12.5. The van der Waals surface area contributed by atoms with Gasteiger partial charge in [-0.3, -0.25) is 4.79 Å². The van der Waals surface area contributed by atoms with Crippen LogP contribution in [-0.4, -0.2) is 11.2 Å². The molecule has 0 saturated carbocycles. The highest BCUT2D eigenvalue weighted by Gasteiger charge is 2.28. The Hall–Kier alpha value is -1.74. The summed E-state index contributed by atoms with van der Waals surface area (Å²) in [5.41, 5.74) is 5.72. The minimum atomic E-state index is -0.0262. The zero-order chi connectivity index (χ0) is 15.0. The molecule has 3 heteroatoms. The van der Waals surface area contributed by atoms with Gasteiger partial charge in [0.05, 0.1) is 5.25 Å². The van der Waals surface area contributed by atoms with E-state index in [0.29, 0.717) is 0 Å². The third-order valence-electron chi connectivity index (χ3n) is 3.84. The number of nitrogens with one attached hydrogen (secondary N) is 1. The van der Waals surface area contributed by atoms with Gasteiger partial charge in [0.1, 0.15) is 0 Å². The number of carbonyl (C=O) groups is 1. The van der Waals surface area contributed by atoms with E-state index in [1.807, 2.05) is 26.0 Å². The van der Waals surface area contributed by atoms with Gasteiger partial charge in [-0.05, 0) is 56.0 Å². The molecule has 0 spiro atoms. The maximum atomic E-state index is 12.5. The van der Waals surface area contributed by atoms with E-state index in [2.05, 4.69) is 36.5 Å². The van der Waals surface area contributed by atoms with E-state index >= 15 is 0 Å². The van der Waals surface area contributed by atoms with E-state index in [-0.39, 0.29) is 11.2 Å². The van der Waals surface area contributed by atoms with Crippen molar-refractivity contribution >= 4 is 23.4 Å². The summed E-state index contributed by atoms with van der Waals surface area (Å²) < 4.78 is 0. The SMILES string of the molecule is Cc1ccc(C)c(NC(=O)[C@@H]2Cc3ccc(C)cc3S2)c1. The lowest BCUT2D eigenvalue weighted by atomic mass is 10.1. The summed E-state index contributed by atoms with van der Waals surface area (Å²) in [5.74, 6) is 0.0996. The Kier molecular flexibility index (Phi) is 3.77. The van der Waals surface area contributed by atoms with E-state index in [1.54, 1.807) is 11.8 Å². The van der Waals surface area contributed by atoms with Gasteiger partial charge in [0.2, 0.25) is 5.91 Å². The van der Waals surface area contributed by atoms with Crippen LogP contribution in [0.2, 0.25) is 0 Å². The van der Waals surface area contributed by atoms with Gasteiger partial charge >= 0.3 is 0 Å². The minimum absolute atomic E-state index is 0.0262. The van der Waals surface area contributed by atoms with E-state index in [1.165, 1.54) is 16.0 Å². The monoisotopic (exact) mass is 297 g/mol. The van der Waals surface area contributed by atoms with Crippen LogP contribution < -0.4 is 5.32 Å². The first kappa shape index (κ1) is 14.2. The third kappa shape index (κ3) is 2.98. The second-order valence-electron chi connectivity index (χ2n) is 5.73. The van der Waals surface area contributed by atoms with Gasteiger partial charge in [-0.15, -0.1) is 11.8 Å². The molecule has 1 atom stereocenters. The van der Waals surface area contributed by atoms with Crippen molar-refractivity contribution in [2.24, 2.45) is 0 Å². The molecule has 2 nitrogen and oxygen atoms in total. The van der Waals surface area contributed by atoms with Crippen molar-refractivity contribution < 1.29 is 4.79 Å². The molecule has 0 bridgehead atoms. The van der Waals surface area contributed by atoms with Crippen LogP contribution in [0.25, 0.3) is 0 Å². The van der Waals surface area contributed by atoms with Gasteiger partial charge in [0.15, 0.2) is 0 Å². The molecule has 2 aromatic carbocycles. The lowest BCUT2D eigenvalue weighted by Gasteiger charge is -2.12. The summed E-state index contributed by atoms with van der Waals surface area (Å²) in [4.78, 5) is 13.7. The number of amides is 1. The molecule has 3 rings (SSSR count). The number of rotatable bonds is 2. The van der Waals surface area contributed by atoms with Crippen molar-refractivity contribution in [2.45, 2.75) is 37.3 Å². The molecule has 0 fully saturated rings. The molecular formula is C18H19NOS. The van der Waals surface area contributed by atoms with Crippen molar-refractivity contribution in [3.05, 3.63) is 58.7 Å². The highest BCUT2D eigenvalue weighted by molar-refractivity contribution is 8.01. The van der Waals surface area contributed by atoms with Gasteiger partial charge in [0, 0.05) is 10.6 Å². The highest BCUT2D eigenvalue weighted by atomic mass is 32.2. The van der Waals surface area contributed by atoms with Crippen molar-refractivity contribution in [3.63, 3.8) is 0 Å². The Morgan fingerprint density at radius 1 is 1.10 bits per heavy atom. The molecule has 0 aliphatic carbocycles. The number of carbonyl (C=O) groups excluding carboxylic acids is 1. The Labute approximate surface area is 130 Å². The number of fused-ring (bicyclic) bond motifs is 1. The fourth-order valence-corrected chi connectivity index (χ4v) is 3.86. The maximum Gasteiger partial charge on any atom is 0.238 e. The molecule has 0 saturated heterocycles. The van der Waals surface area contributed by atoms with Crippen LogP contribution in [0, 0.1) is 20.8 Å². The number of hydrogen-bond donors (Lipinski definition) is 1. The van der Waals surface area contributed by atoms with Gasteiger partial charge in [0.25, 0.3) is 0 Å². The summed E-state index contributed by atoms with van der Waals surface area (Å²) in [6, 6.07) is 12.6. The highest BCUT2D eigenvalue weighted by Crippen LogP contribution is 2.38. The van der Waals surface area contributed by atoms with Gasteiger partial charge in [-0.25, -0.2) is 0 Å².